The van der Waals surface area contributed by atoms with Crippen molar-refractivity contribution in [2.45, 2.75) is 26.0 Å². The van der Waals surface area contributed by atoms with E-state index in [1.165, 1.54) is 0 Å². The maximum Gasteiger partial charge on any atom is 0.111 e. The fourth-order valence-corrected chi connectivity index (χ4v) is 1.64. The molecule has 0 aliphatic heterocycles. The van der Waals surface area contributed by atoms with Crippen LogP contribution in [0.3, 0.4) is 0 Å². The van der Waals surface area contributed by atoms with Gasteiger partial charge in [0.05, 0.1) is 23.9 Å². The molecule has 2 rings (SSSR count). The number of nitrogens with zero attached hydrogens (tertiary/aromatic N) is 4. The zero-order valence-corrected chi connectivity index (χ0v) is 10.2. The van der Waals surface area contributed by atoms with Crippen LogP contribution in [0, 0.1) is 0 Å². The third-order valence-electron chi connectivity index (χ3n) is 2.47. The number of halogens is 1. The van der Waals surface area contributed by atoms with E-state index in [0.717, 1.165) is 5.56 Å². The van der Waals surface area contributed by atoms with Crippen molar-refractivity contribution >= 4 is 11.6 Å². The fourth-order valence-electron chi connectivity index (χ4n) is 1.46. The van der Waals surface area contributed by atoms with Gasteiger partial charge in [0.25, 0.3) is 0 Å². The van der Waals surface area contributed by atoms with E-state index in [9.17, 15) is 5.11 Å². The zero-order valence-electron chi connectivity index (χ0n) is 9.41. The molecule has 2 heterocycles. The lowest BCUT2D eigenvalue weighted by atomic mass is 10.2. The minimum Gasteiger partial charge on any atom is -0.387 e. The molecule has 17 heavy (non-hydrogen) atoms. The van der Waals surface area contributed by atoms with Crippen molar-refractivity contribution in [1.82, 2.24) is 20.0 Å². The molecular formula is C11H13ClN4O. The number of rotatable bonds is 4. The molecule has 0 aliphatic carbocycles. The molecule has 1 atom stereocenters. The SMILES string of the molecule is CCC(O)c1cn(Cc2ccncc2Cl)nn1. The Labute approximate surface area is 104 Å². The lowest BCUT2D eigenvalue weighted by Gasteiger charge is -2.03. The molecule has 0 aliphatic rings. The van der Waals surface area contributed by atoms with E-state index in [1.807, 2.05) is 13.0 Å². The van der Waals surface area contributed by atoms with E-state index < -0.39 is 6.10 Å². The fraction of sp³-hybridized carbons (Fsp3) is 0.364. The van der Waals surface area contributed by atoms with Gasteiger partial charge < -0.3 is 5.11 Å². The van der Waals surface area contributed by atoms with E-state index in [0.29, 0.717) is 23.7 Å². The van der Waals surface area contributed by atoms with Gasteiger partial charge >= 0.3 is 0 Å². The van der Waals surface area contributed by atoms with Crippen molar-refractivity contribution in [3.8, 4) is 0 Å². The molecule has 0 saturated carbocycles. The molecule has 90 valence electrons. The Balaban J connectivity index is 2.14. The Kier molecular flexibility index (Phi) is 3.71. The van der Waals surface area contributed by atoms with Crippen molar-refractivity contribution < 1.29 is 5.11 Å². The van der Waals surface area contributed by atoms with Crippen LogP contribution in [-0.2, 0) is 6.54 Å². The number of pyridine rings is 1. The second kappa shape index (κ2) is 5.25. The molecule has 2 aromatic rings. The molecule has 0 fully saturated rings. The van der Waals surface area contributed by atoms with Gasteiger partial charge in [0.1, 0.15) is 5.69 Å². The van der Waals surface area contributed by atoms with Gasteiger partial charge in [-0.25, -0.2) is 4.68 Å². The second-order valence-electron chi connectivity index (χ2n) is 3.73. The molecule has 0 amide bonds. The number of aromatic nitrogens is 4. The summed E-state index contributed by atoms with van der Waals surface area (Å²) in [4.78, 5) is 3.92. The predicted molar refractivity (Wildman–Crippen MR) is 63.6 cm³/mol. The topological polar surface area (TPSA) is 63.8 Å². The Hall–Kier alpha value is -1.46. The van der Waals surface area contributed by atoms with Crippen LogP contribution in [-0.4, -0.2) is 25.1 Å². The van der Waals surface area contributed by atoms with Crippen LogP contribution in [0.15, 0.2) is 24.7 Å². The van der Waals surface area contributed by atoms with Gasteiger partial charge in [-0.1, -0.05) is 23.7 Å². The van der Waals surface area contributed by atoms with Crippen molar-refractivity contribution in [3.63, 3.8) is 0 Å². The van der Waals surface area contributed by atoms with Crippen LogP contribution in [0.25, 0.3) is 0 Å². The van der Waals surface area contributed by atoms with E-state index >= 15 is 0 Å². The maximum atomic E-state index is 9.61. The van der Waals surface area contributed by atoms with Gasteiger partial charge in [0.15, 0.2) is 0 Å². The average molecular weight is 253 g/mol. The Morgan fingerprint density at radius 3 is 3.06 bits per heavy atom. The van der Waals surface area contributed by atoms with Gasteiger partial charge in [0, 0.05) is 12.4 Å². The van der Waals surface area contributed by atoms with Crippen LogP contribution in [0.4, 0.5) is 0 Å². The van der Waals surface area contributed by atoms with Crippen LogP contribution in [0.1, 0.15) is 30.7 Å². The third-order valence-corrected chi connectivity index (χ3v) is 2.81. The maximum absolute atomic E-state index is 9.61. The summed E-state index contributed by atoms with van der Waals surface area (Å²) in [5.74, 6) is 0. The Bertz CT molecular complexity index is 500. The van der Waals surface area contributed by atoms with E-state index in [-0.39, 0.29) is 0 Å². The van der Waals surface area contributed by atoms with E-state index in [4.69, 9.17) is 11.6 Å². The Morgan fingerprint density at radius 2 is 2.35 bits per heavy atom. The lowest BCUT2D eigenvalue weighted by Crippen LogP contribution is -2.01. The first-order valence-corrected chi connectivity index (χ1v) is 5.75. The Morgan fingerprint density at radius 1 is 1.53 bits per heavy atom. The third kappa shape index (κ3) is 2.81. The summed E-state index contributed by atoms with van der Waals surface area (Å²) in [5, 5.41) is 18.1. The summed E-state index contributed by atoms with van der Waals surface area (Å²) >= 11 is 6.00. The number of aliphatic hydroxyl groups is 1. The minimum atomic E-state index is -0.559. The van der Waals surface area contributed by atoms with Gasteiger partial charge in [-0.3, -0.25) is 4.98 Å². The lowest BCUT2D eigenvalue weighted by molar-refractivity contribution is 0.168. The normalized spacial score (nSPS) is 12.6. The molecule has 0 bridgehead atoms. The highest BCUT2D eigenvalue weighted by Crippen LogP contribution is 2.16. The predicted octanol–water partition coefficient (Wildman–Crippen LogP) is 1.82. The molecule has 0 spiro atoms. The highest BCUT2D eigenvalue weighted by atomic mass is 35.5. The number of hydrogen-bond donors (Lipinski definition) is 1. The highest BCUT2D eigenvalue weighted by molar-refractivity contribution is 6.31. The zero-order chi connectivity index (χ0) is 12.3. The van der Waals surface area contributed by atoms with Crippen LogP contribution in [0.5, 0.6) is 0 Å². The highest BCUT2D eigenvalue weighted by Gasteiger charge is 2.10. The summed E-state index contributed by atoms with van der Waals surface area (Å²) in [6.07, 6.45) is 5.06. The van der Waals surface area contributed by atoms with Crippen molar-refractivity contribution in [2.75, 3.05) is 0 Å². The van der Waals surface area contributed by atoms with E-state index in [2.05, 4.69) is 15.3 Å². The van der Waals surface area contributed by atoms with Gasteiger partial charge in [-0.2, -0.15) is 0 Å². The molecule has 0 radical (unpaired) electrons. The molecule has 5 nitrogen and oxygen atoms in total. The standard InChI is InChI=1S/C11H13ClN4O/c1-2-11(17)10-7-16(15-14-10)6-8-3-4-13-5-9(8)12/h3-5,7,11,17H,2,6H2,1H3. The summed E-state index contributed by atoms with van der Waals surface area (Å²) in [5.41, 5.74) is 1.50. The monoisotopic (exact) mass is 252 g/mol. The number of hydrogen-bond acceptors (Lipinski definition) is 4. The second-order valence-corrected chi connectivity index (χ2v) is 4.14. The largest absolute Gasteiger partial charge is 0.387 e. The van der Waals surface area contributed by atoms with E-state index in [1.54, 1.807) is 23.3 Å². The van der Waals surface area contributed by atoms with Gasteiger partial charge in [-0.05, 0) is 18.1 Å². The molecule has 0 saturated heterocycles. The first kappa shape index (κ1) is 12.0. The molecule has 1 N–H and O–H groups in total. The van der Waals surface area contributed by atoms with Crippen LogP contribution < -0.4 is 0 Å². The van der Waals surface area contributed by atoms with Crippen LogP contribution in [0.2, 0.25) is 5.02 Å². The molecular weight excluding hydrogens is 240 g/mol. The summed E-state index contributed by atoms with van der Waals surface area (Å²) in [7, 11) is 0. The molecule has 1 unspecified atom stereocenters. The van der Waals surface area contributed by atoms with Gasteiger partial charge in [0.2, 0.25) is 0 Å². The van der Waals surface area contributed by atoms with Crippen molar-refractivity contribution in [2.24, 2.45) is 0 Å². The summed E-state index contributed by atoms with van der Waals surface area (Å²) in [6, 6.07) is 1.83. The van der Waals surface area contributed by atoms with Crippen molar-refractivity contribution in [1.29, 1.82) is 0 Å². The molecule has 2 aromatic heterocycles. The first-order chi connectivity index (χ1) is 8.20. The summed E-state index contributed by atoms with van der Waals surface area (Å²) < 4.78 is 1.65. The first-order valence-electron chi connectivity index (χ1n) is 5.37. The minimum absolute atomic E-state index is 0.519. The summed E-state index contributed by atoms with van der Waals surface area (Å²) in [6.45, 7) is 2.41. The smallest absolute Gasteiger partial charge is 0.111 e. The van der Waals surface area contributed by atoms with Crippen molar-refractivity contribution in [3.05, 3.63) is 40.9 Å². The average Bonchev–Trinajstić information content (AvgIpc) is 2.80. The van der Waals surface area contributed by atoms with Gasteiger partial charge in [-0.15, -0.1) is 5.10 Å². The number of aliphatic hydroxyl groups excluding tert-OH is 1. The molecule has 6 heteroatoms. The van der Waals surface area contributed by atoms with Crippen LogP contribution >= 0.6 is 11.6 Å². The molecule has 0 aromatic carbocycles. The quantitative estimate of drug-likeness (QED) is 0.902.